The van der Waals surface area contributed by atoms with Gasteiger partial charge in [-0.25, -0.2) is 0 Å². The van der Waals surface area contributed by atoms with E-state index in [1.54, 1.807) is 4.98 Å². The van der Waals surface area contributed by atoms with Gasteiger partial charge >= 0.3 is 6.18 Å². The molecule has 70 valence electrons. The molecular formula is C5H2F3N3OS. The molecule has 0 amide bonds. The Morgan fingerprint density at radius 2 is 2.15 bits per heavy atom. The molecule has 0 saturated heterocycles. The van der Waals surface area contributed by atoms with Crippen molar-refractivity contribution in [2.24, 2.45) is 5.18 Å². The number of hydrogen-bond donors (Lipinski definition) is 1. The molecular weight excluding hydrogens is 207 g/mol. The van der Waals surface area contributed by atoms with E-state index in [2.05, 4.69) is 22.4 Å². The third-order valence-electron chi connectivity index (χ3n) is 1.13. The van der Waals surface area contributed by atoms with Gasteiger partial charge in [0, 0.05) is 6.07 Å². The SMILES string of the molecule is O=Nc1cc(C(F)(F)F)[nH]c(=S)n1. The lowest BCUT2D eigenvalue weighted by Crippen LogP contribution is -2.08. The van der Waals surface area contributed by atoms with Crippen molar-refractivity contribution in [3.05, 3.63) is 21.4 Å². The van der Waals surface area contributed by atoms with Crippen LogP contribution in [-0.2, 0) is 6.18 Å². The molecule has 0 aliphatic rings. The van der Waals surface area contributed by atoms with Gasteiger partial charge in [0.15, 0.2) is 4.77 Å². The van der Waals surface area contributed by atoms with Crippen LogP contribution in [0.1, 0.15) is 5.69 Å². The van der Waals surface area contributed by atoms with Gasteiger partial charge in [-0.3, -0.25) is 0 Å². The molecule has 0 atom stereocenters. The van der Waals surface area contributed by atoms with E-state index in [9.17, 15) is 18.1 Å². The van der Waals surface area contributed by atoms with Crippen LogP contribution in [0.5, 0.6) is 0 Å². The normalized spacial score (nSPS) is 11.3. The van der Waals surface area contributed by atoms with Gasteiger partial charge in [-0.15, -0.1) is 4.91 Å². The van der Waals surface area contributed by atoms with Crippen molar-refractivity contribution in [3.8, 4) is 0 Å². The fourth-order valence-corrected chi connectivity index (χ4v) is 0.848. The molecule has 13 heavy (non-hydrogen) atoms. The van der Waals surface area contributed by atoms with Crippen LogP contribution in [0.15, 0.2) is 11.2 Å². The summed E-state index contributed by atoms with van der Waals surface area (Å²) in [5, 5.41) is 2.26. The summed E-state index contributed by atoms with van der Waals surface area (Å²) in [5.74, 6) is -0.587. The van der Waals surface area contributed by atoms with Gasteiger partial charge in [-0.05, 0) is 17.4 Å². The molecule has 0 radical (unpaired) electrons. The van der Waals surface area contributed by atoms with Crippen molar-refractivity contribution in [3.63, 3.8) is 0 Å². The van der Waals surface area contributed by atoms with E-state index in [1.807, 2.05) is 0 Å². The second-order valence-electron chi connectivity index (χ2n) is 2.05. The quantitative estimate of drug-likeness (QED) is 0.571. The van der Waals surface area contributed by atoms with Crippen LogP contribution >= 0.6 is 12.2 Å². The van der Waals surface area contributed by atoms with Crippen molar-refractivity contribution in [2.45, 2.75) is 6.18 Å². The zero-order chi connectivity index (χ0) is 10.1. The van der Waals surface area contributed by atoms with E-state index < -0.39 is 22.5 Å². The van der Waals surface area contributed by atoms with E-state index in [-0.39, 0.29) is 0 Å². The Kier molecular flexibility index (Phi) is 2.41. The Balaban J connectivity index is 3.32. The average Bonchev–Trinajstić information content (AvgIpc) is 2.01. The first-order chi connectivity index (χ1) is 5.93. The molecule has 0 spiro atoms. The van der Waals surface area contributed by atoms with Gasteiger partial charge < -0.3 is 4.98 Å². The molecule has 0 bridgehead atoms. The molecule has 0 aliphatic carbocycles. The predicted octanol–water partition coefficient (Wildman–Crippen LogP) is 2.56. The number of aromatic amines is 1. The number of rotatable bonds is 1. The summed E-state index contributed by atoms with van der Waals surface area (Å²) in [6.45, 7) is 0. The van der Waals surface area contributed by atoms with Crippen molar-refractivity contribution in [2.75, 3.05) is 0 Å². The van der Waals surface area contributed by atoms with E-state index in [4.69, 9.17) is 0 Å². The van der Waals surface area contributed by atoms with E-state index in [0.29, 0.717) is 6.07 Å². The molecule has 0 aliphatic heterocycles. The minimum atomic E-state index is -4.59. The Labute approximate surface area is 74.8 Å². The molecule has 0 fully saturated rings. The highest BCUT2D eigenvalue weighted by Crippen LogP contribution is 2.28. The fourth-order valence-electron chi connectivity index (χ4n) is 0.644. The van der Waals surface area contributed by atoms with Gasteiger partial charge in [0.2, 0.25) is 5.82 Å². The zero-order valence-electron chi connectivity index (χ0n) is 5.92. The number of H-pyrrole nitrogens is 1. The predicted molar refractivity (Wildman–Crippen MR) is 39.9 cm³/mol. The molecule has 1 aromatic heterocycles. The lowest BCUT2D eigenvalue weighted by atomic mass is 10.4. The van der Waals surface area contributed by atoms with Crippen LogP contribution in [0, 0.1) is 9.68 Å². The summed E-state index contributed by atoms with van der Waals surface area (Å²) in [7, 11) is 0. The summed E-state index contributed by atoms with van der Waals surface area (Å²) in [6.07, 6.45) is -4.59. The average molecular weight is 209 g/mol. The second kappa shape index (κ2) is 3.21. The van der Waals surface area contributed by atoms with Crippen molar-refractivity contribution < 1.29 is 13.2 Å². The summed E-state index contributed by atoms with van der Waals surface area (Å²) >= 11 is 4.36. The third kappa shape index (κ3) is 2.31. The first-order valence-corrected chi connectivity index (χ1v) is 3.36. The summed E-state index contributed by atoms with van der Waals surface area (Å²) < 4.78 is 35.7. The molecule has 1 aromatic rings. The molecule has 8 heteroatoms. The number of aromatic nitrogens is 2. The number of nitrogens with one attached hydrogen (secondary N) is 1. The van der Waals surface area contributed by atoms with E-state index in [0.717, 1.165) is 0 Å². The summed E-state index contributed by atoms with van der Waals surface area (Å²) in [4.78, 5) is 14.9. The maximum atomic E-state index is 12.0. The van der Waals surface area contributed by atoms with Crippen LogP contribution in [0.3, 0.4) is 0 Å². The van der Waals surface area contributed by atoms with Crippen LogP contribution in [0.2, 0.25) is 0 Å². The van der Waals surface area contributed by atoms with E-state index >= 15 is 0 Å². The van der Waals surface area contributed by atoms with Gasteiger partial charge in [0.1, 0.15) is 5.69 Å². The number of nitroso groups, excluding NO2 is 1. The first-order valence-electron chi connectivity index (χ1n) is 2.95. The van der Waals surface area contributed by atoms with Gasteiger partial charge in [-0.2, -0.15) is 18.2 Å². The monoisotopic (exact) mass is 209 g/mol. The maximum Gasteiger partial charge on any atom is 0.431 e. The van der Waals surface area contributed by atoms with Crippen LogP contribution in [-0.4, -0.2) is 9.97 Å². The van der Waals surface area contributed by atoms with Crippen LogP contribution < -0.4 is 0 Å². The van der Waals surface area contributed by atoms with Crippen LogP contribution in [0.4, 0.5) is 19.0 Å². The minimum absolute atomic E-state index is 0.426. The van der Waals surface area contributed by atoms with Gasteiger partial charge in [0.25, 0.3) is 0 Å². The molecule has 4 nitrogen and oxygen atoms in total. The van der Waals surface area contributed by atoms with Gasteiger partial charge in [-0.1, -0.05) is 0 Å². The fraction of sp³-hybridized carbons (Fsp3) is 0.200. The highest BCUT2D eigenvalue weighted by atomic mass is 32.1. The van der Waals surface area contributed by atoms with Crippen LogP contribution in [0.25, 0.3) is 0 Å². The molecule has 1 heterocycles. The topological polar surface area (TPSA) is 58.1 Å². The second-order valence-corrected chi connectivity index (χ2v) is 2.43. The van der Waals surface area contributed by atoms with Crippen molar-refractivity contribution in [1.82, 2.24) is 9.97 Å². The lowest BCUT2D eigenvalue weighted by Gasteiger charge is -2.05. The highest BCUT2D eigenvalue weighted by Gasteiger charge is 2.32. The Hall–Kier alpha value is -1.31. The molecule has 1 rings (SSSR count). The minimum Gasteiger partial charge on any atom is -0.327 e. The van der Waals surface area contributed by atoms with Crippen molar-refractivity contribution >= 4 is 18.0 Å². The standard InChI is InChI=1S/C5H2F3N3OS/c6-5(7,8)2-1-3(11-12)10-4(13)9-2/h1H,(H,9,10,13). The largest absolute Gasteiger partial charge is 0.431 e. The summed E-state index contributed by atoms with van der Waals surface area (Å²) in [6, 6.07) is 0.489. The van der Waals surface area contributed by atoms with E-state index in [1.165, 1.54) is 0 Å². The Morgan fingerprint density at radius 3 is 2.62 bits per heavy atom. The Bertz CT molecular complexity index is 385. The number of hydrogen-bond acceptors (Lipinski definition) is 4. The zero-order valence-corrected chi connectivity index (χ0v) is 6.74. The smallest absolute Gasteiger partial charge is 0.327 e. The number of alkyl halides is 3. The molecule has 0 aromatic carbocycles. The van der Waals surface area contributed by atoms with Gasteiger partial charge in [0.05, 0.1) is 0 Å². The summed E-state index contributed by atoms with van der Waals surface area (Å²) in [5.41, 5.74) is -1.14. The van der Waals surface area contributed by atoms with Crippen molar-refractivity contribution in [1.29, 1.82) is 0 Å². The first kappa shape index (κ1) is 9.78. The Morgan fingerprint density at radius 1 is 1.54 bits per heavy atom. The molecule has 1 N–H and O–H groups in total. The maximum absolute atomic E-state index is 12.0. The highest BCUT2D eigenvalue weighted by molar-refractivity contribution is 7.71. The number of nitrogens with zero attached hydrogens (tertiary/aromatic N) is 2. The molecule has 0 saturated carbocycles. The molecule has 0 unspecified atom stereocenters. The third-order valence-corrected chi connectivity index (χ3v) is 1.32. The lowest BCUT2D eigenvalue weighted by molar-refractivity contribution is -0.141. The number of halogens is 3.